The van der Waals surface area contributed by atoms with Crippen LogP contribution in [0.4, 0.5) is 17.1 Å². The van der Waals surface area contributed by atoms with Crippen molar-refractivity contribution in [3.8, 4) is 56.4 Å². The summed E-state index contributed by atoms with van der Waals surface area (Å²) < 4.78 is 7.12. The largest absolute Gasteiger partial charge is 0.452 e. The zero-order valence-electron chi connectivity index (χ0n) is 33.0. The van der Waals surface area contributed by atoms with Crippen LogP contribution in [0, 0.1) is 0 Å². The molecule has 0 radical (unpaired) electrons. The van der Waals surface area contributed by atoms with Crippen molar-refractivity contribution in [1.29, 1.82) is 0 Å². The molecule has 6 aromatic carbocycles. The molecule has 1 aliphatic carbocycles. The molecule has 0 fully saturated rings. The van der Waals surface area contributed by atoms with Crippen molar-refractivity contribution in [2.75, 3.05) is 4.90 Å². The highest BCUT2D eigenvalue weighted by Gasteiger charge is 2.53. The van der Waals surface area contributed by atoms with Crippen LogP contribution < -0.4 is 9.64 Å². The van der Waals surface area contributed by atoms with Gasteiger partial charge in [-0.2, -0.15) is 0 Å². The number of fused-ring (bicyclic) bond motifs is 13. The molecule has 3 aliphatic rings. The Hall–Kier alpha value is -7.94. The molecule has 1 unspecified atom stereocenters. The summed E-state index contributed by atoms with van der Waals surface area (Å²) in [4.78, 5) is 29.0. The minimum absolute atomic E-state index is 0.721. The van der Waals surface area contributed by atoms with Gasteiger partial charge in [0.25, 0.3) is 0 Å². The van der Waals surface area contributed by atoms with Crippen molar-refractivity contribution in [1.82, 2.24) is 24.9 Å². The first-order valence-electron chi connectivity index (χ1n) is 20.6. The van der Waals surface area contributed by atoms with Crippen LogP contribution >= 0.6 is 11.8 Å². The molecule has 1 spiro atoms. The third-order valence-electron chi connectivity index (χ3n) is 12.4. The van der Waals surface area contributed by atoms with E-state index in [1.807, 2.05) is 36.8 Å². The Balaban J connectivity index is 1.04. The van der Waals surface area contributed by atoms with Gasteiger partial charge in [0.2, 0.25) is 0 Å². The predicted molar refractivity (Wildman–Crippen MR) is 245 cm³/mol. The van der Waals surface area contributed by atoms with Gasteiger partial charge in [-0.15, -0.1) is 0 Å². The van der Waals surface area contributed by atoms with Crippen LogP contribution in [0.3, 0.4) is 0 Å². The molecule has 4 aromatic heterocycles. The Bertz CT molecular complexity index is 3460. The van der Waals surface area contributed by atoms with E-state index in [1.165, 1.54) is 5.56 Å². The summed E-state index contributed by atoms with van der Waals surface area (Å²) in [5.41, 5.74) is 16.4. The highest BCUT2D eigenvalue weighted by Crippen LogP contribution is 2.66. The smallest absolute Gasteiger partial charge is 0.165 e. The summed E-state index contributed by atoms with van der Waals surface area (Å²) in [7, 11) is 0. The van der Waals surface area contributed by atoms with E-state index in [-0.39, 0.29) is 0 Å². The molecule has 7 nitrogen and oxygen atoms in total. The molecular weight excluding hydrogens is 781 g/mol. The fourth-order valence-corrected chi connectivity index (χ4v) is 11.1. The van der Waals surface area contributed by atoms with Gasteiger partial charge in [-0.3, -0.25) is 19.9 Å². The third-order valence-corrected chi connectivity index (χ3v) is 13.6. The fourth-order valence-electron chi connectivity index (χ4n) is 9.88. The van der Waals surface area contributed by atoms with Crippen LogP contribution in [0.1, 0.15) is 22.3 Å². The Kier molecular flexibility index (Phi) is 7.62. The number of benzene rings is 6. The standard InChI is InChI=1S/C54H32N6OS/c1-2-13-36(35(12-1)37-14-9-17-43-49(37)58-32-31-56-43)42-24-22-40-51(59-42)50-39(16-10-28-57-50)54(40)38-15-4-8-21-48(38)62-53-41(54)23-25-46-52(53)61-47-20-7-6-19-45(47)60(46)44-18-5-3-11-34(44)33-26-29-55-30-27-33/h1-32H. The van der Waals surface area contributed by atoms with Crippen molar-refractivity contribution >= 4 is 39.9 Å². The van der Waals surface area contributed by atoms with Crippen LogP contribution in [0.25, 0.3) is 55.9 Å². The summed E-state index contributed by atoms with van der Waals surface area (Å²) in [6.07, 6.45) is 9.07. The summed E-state index contributed by atoms with van der Waals surface area (Å²) in [5.74, 6) is 1.61. The van der Waals surface area contributed by atoms with Crippen LogP contribution in [0.2, 0.25) is 0 Å². The van der Waals surface area contributed by atoms with E-state index >= 15 is 0 Å². The molecule has 290 valence electrons. The van der Waals surface area contributed by atoms with Crippen LogP contribution in [-0.4, -0.2) is 24.9 Å². The van der Waals surface area contributed by atoms with E-state index in [9.17, 15) is 0 Å². The fraction of sp³-hybridized carbons (Fsp3) is 0.0185. The molecule has 0 N–H and O–H groups in total. The Morgan fingerprint density at radius 2 is 1.19 bits per heavy atom. The zero-order valence-corrected chi connectivity index (χ0v) is 33.8. The molecular formula is C54H32N6OS. The normalized spacial score (nSPS) is 15.2. The lowest BCUT2D eigenvalue weighted by Gasteiger charge is -2.42. The quantitative estimate of drug-likeness (QED) is 0.174. The van der Waals surface area contributed by atoms with Crippen LogP contribution in [0.5, 0.6) is 11.5 Å². The molecule has 8 heteroatoms. The van der Waals surface area contributed by atoms with E-state index in [0.717, 1.165) is 111 Å². The van der Waals surface area contributed by atoms with Crippen molar-refractivity contribution < 1.29 is 4.74 Å². The van der Waals surface area contributed by atoms with E-state index in [4.69, 9.17) is 19.7 Å². The van der Waals surface area contributed by atoms with Crippen molar-refractivity contribution in [2.45, 2.75) is 15.2 Å². The topological polar surface area (TPSA) is 76.9 Å². The van der Waals surface area contributed by atoms with E-state index in [2.05, 4.69) is 160 Å². The number of ether oxygens (including phenoxy) is 1. The second-order valence-corrected chi connectivity index (χ2v) is 16.6. The molecule has 0 saturated carbocycles. The minimum atomic E-state index is -0.721. The second-order valence-electron chi connectivity index (χ2n) is 15.6. The SMILES string of the molecule is c1ccc2c(c1)Oc1c(ccc3c1Sc1ccccc1C31c3cccnc3-c3nc(-c4ccccc4-c4cccc5nccnc45)ccc31)N2c1ccccc1-c1ccncc1. The molecule has 0 saturated heterocycles. The van der Waals surface area contributed by atoms with Gasteiger partial charge in [0, 0.05) is 52.6 Å². The molecule has 0 amide bonds. The van der Waals surface area contributed by atoms with Gasteiger partial charge in [0.05, 0.1) is 55.5 Å². The van der Waals surface area contributed by atoms with Crippen LogP contribution in [-0.2, 0) is 5.41 Å². The van der Waals surface area contributed by atoms with Crippen molar-refractivity contribution in [2.24, 2.45) is 0 Å². The molecule has 10 aromatic rings. The third kappa shape index (κ3) is 4.92. The lowest BCUT2D eigenvalue weighted by Crippen LogP contribution is -2.32. The lowest BCUT2D eigenvalue weighted by molar-refractivity contribution is 0.461. The first-order valence-corrected chi connectivity index (χ1v) is 21.4. The van der Waals surface area contributed by atoms with Crippen molar-refractivity contribution in [3.05, 3.63) is 217 Å². The van der Waals surface area contributed by atoms with Crippen LogP contribution in [0.15, 0.2) is 205 Å². The maximum absolute atomic E-state index is 7.12. The highest BCUT2D eigenvalue weighted by molar-refractivity contribution is 7.99. The number of pyridine rings is 3. The Morgan fingerprint density at radius 1 is 0.468 bits per heavy atom. The molecule has 1 atom stereocenters. The van der Waals surface area contributed by atoms with Gasteiger partial charge in [-0.1, -0.05) is 115 Å². The molecule has 2 aliphatic heterocycles. The van der Waals surface area contributed by atoms with Gasteiger partial charge < -0.3 is 9.64 Å². The monoisotopic (exact) mass is 812 g/mol. The average molecular weight is 813 g/mol. The lowest BCUT2D eigenvalue weighted by atomic mass is 9.67. The maximum Gasteiger partial charge on any atom is 0.165 e. The van der Waals surface area contributed by atoms with Gasteiger partial charge in [-0.25, -0.2) is 4.98 Å². The number of para-hydroxylation sites is 4. The number of anilines is 3. The molecule has 6 heterocycles. The van der Waals surface area contributed by atoms with Gasteiger partial charge >= 0.3 is 0 Å². The minimum Gasteiger partial charge on any atom is -0.452 e. The maximum atomic E-state index is 7.12. The summed E-state index contributed by atoms with van der Waals surface area (Å²) in [5, 5.41) is 0. The predicted octanol–water partition coefficient (Wildman–Crippen LogP) is 13.2. The summed E-state index contributed by atoms with van der Waals surface area (Å²) in [6.45, 7) is 0. The molecule has 62 heavy (non-hydrogen) atoms. The first kappa shape index (κ1) is 34.9. The van der Waals surface area contributed by atoms with E-state index in [0.29, 0.717) is 0 Å². The summed E-state index contributed by atoms with van der Waals surface area (Å²) >= 11 is 1.77. The second kappa shape index (κ2) is 13.5. The number of nitrogens with zero attached hydrogens (tertiary/aromatic N) is 6. The average Bonchev–Trinajstić information content (AvgIpc) is 3.63. The Labute approximate surface area is 361 Å². The number of hydrogen-bond donors (Lipinski definition) is 0. The van der Waals surface area contributed by atoms with E-state index < -0.39 is 5.41 Å². The summed E-state index contributed by atoms with van der Waals surface area (Å²) in [6, 6.07) is 57.7. The van der Waals surface area contributed by atoms with Gasteiger partial charge in [0.1, 0.15) is 0 Å². The number of aromatic nitrogens is 5. The highest BCUT2D eigenvalue weighted by atomic mass is 32.2. The van der Waals surface area contributed by atoms with Gasteiger partial charge in [0.15, 0.2) is 11.5 Å². The van der Waals surface area contributed by atoms with E-state index in [1.54, 1.807) is 24.2 Å². The zero-order chi connectivity index (χ0) is 40.8. The Morgan fingerprint density at radius 3 is 2.11 bits per heavy atom. The molecule has 0 bridgehead atoms. The molecule has 13 rings (SSSR count). The number of hydrogen-bond acceptors (Lipinski definition) is 8. The van der Waals surface area contributed by atoms with Gasteiger partial charge in [-0.05, 0) is 94.0 Å². The number of rotatable bonds is 4. The first-order chi connectivity index (χ1) is 30.8. The van der Waals surface area contributed by atoms with Crippen molar-refractivity contribution in [3.63, 3.8) is 0 Å².